The topological polar surface area (TPSA) is 321 Å². The molecule has 0 aromatic carbocycles. The Kier molecular flexibility index (Phi) is 18.8. The van der Waals surface area contributed by atoms with E-state index >= 15 is 0 Å². The molecule has 0 spiro atoms. The molecule has 1 aliphatic rings. The third kappa shape index (κ3) is 15.1. The summed E-state index contributed by atoms with van der Waals surface area (Å²) in [5.74, 6) is -5.67. The second-order valence-corrected chi connectivity index (χ2v) is 13.0. The number of likely N-dealkylation sites (tertiary alicyclic amines) is 1. The number of hydrogen-bond donors (Lipinski definition) is 11. The van der Waals surface area contributed by atoms with Gasteiger partial charge in [-0.3, -0.25) is 24.0 Å². The number of nitrogens with two attached hydrogens (primary N) is 5. The molecule has 266 valence electrons. The molecule has 16 N–H and O–H groups in total. The summed E-state index contributed by atoms with van der Waals surface area (Å²) in [5, 5.41) is 46.7. The van der Waals surface area contributed by atoms with Crippen molar-refractivity contribution in [2.24, 2.45) is 52.3 Å². The van der Waals surface area contributed by atoms with E-state index in [1.807, 2.05) is 0 Å². The summed E-state index contributed by atoms with van der Waals surface area (Å²) < 4.78 is 0. The quantitative estimate of drug-likeness (QED) is 0.0495. The summed E-state index contributed by atoms with van der Waals surface area (Å²) in [7, 11) is 0. The second kappa shape index (κ2) is 21.1. The lowest BCUT2D eigenvalue weighted by molar-refractivity contribution is -0.915. The van der Waals surface area contributed by atoms with Crippen molar-refractivity contribution in [1.29, 1.82) is 0 Å². The van der Waals surface area contributed by atoms with E-state index < -0.39 is 60.1 Å². The van der Waals surface area contributed by atoms with E-state index in [0.717, 1.165) is 0 Å². The smallest absolute Gasteiger partial charge is 0.320 e. The van der Waals surface area contributed by atoms with Gasteiger partial charge in [-0.15, -0.1) is 0 Å². The van der Waals surface area contributed by atoms with Crippen molar-refractivity contribution in [3.63, 3.8) is 0 Å². The van der Waals surface area contributed by atoms with Crippen LogP contribution in [0.3, 0.4) is 0 Å². The second-order valence-electron chi connectivity index (χ2n) is 13.0. The standard InChI is InChI=1S/C30H56N6O10/c31-20(26(37)38)6-2-1-5-17(8-11-22(33)28(41)42)25-18(9-12-23(34)29(43)44)15-36(14-4-3-7-21(32)27(39)40)16-19(25)10-13-24(35)30(45)46/h17-25H,1-16,31-35H2,(H,37,38)(H,39,40)(H,41,42)(H,43,44)(H,45,46)/p+1. The highest BCUT2D eigenvalue weighted by molar-refractivity contribution is 5.74. The number of hydrogen-bond acceptors (Lipinski definition) is 10. The molecular formula is C30H57N6O10+. The highest BCUT2D eigenvalue weighted by Crippen LogP contribution is 2.40. The average Bonchev–Trinajstić information content (AvgIpc) is 2.99. The molecule has 0 aromatic heterocycles. The van der Waals surface area contributed by atoms with Gasteiger partial charge in [0.15, 0.2) is 0 Å². The van der Waals surface area contributed by atoms with Crippen LogP contribution in [0, 0.1) is 23.7 Å². The van der Waals surface area contributed by atoms with Crippen LogP contribution in [0.5, 0.6) is 0 Å². The van der Waals surface area contributed by atoms with Gasteiger partial charge in [0.05, 0.1) is 19.6 Å². The van der Waals surface area contributed by atoms with Crippen LogP contribution in [0.4, 0.5) is 0 Å². The van der Waals surface area contributed by atoms with Crippen LogP contribution in [0.25, 0.3) is 0 Å². The predicted octanol–water partition coefficient (Wildman–Crippen LogP) is -1.52. The number of carboxylic acids is 5. The molecule has 0 aromatic rings. The van der Waals surface area contributed by atoms with E-state index in [9.17, 15) is 39.3 Å². The Morgan fingerprint density at radius 1 is 0.500 bits per heavy atom. The van der Waals surface area contributed by atoms with Crippen molar-refractivity contribution in [3.05, 3.63) is 0 Å². The Labute approximate surface area is 270 Å². The summed E-state index contributed by atoms with van der Waals surface area (Å²) in [6, 6.07) is -5.16. The summed E-state index contributed by atoms with van der Waals surface area (Å²) in [4.78, 5) is 58.3. The van der Waals surface area contributed by atoms with Gasteiger partial charge in [0.1, 0.15) is 30.2 Å². The van der Waals surface area contributed by atoms with Crippen LogP contribution in [-0.2, 0) is 24.0 Å². The van der Waals surface area contributed by atoms with E-state index in [1.54, 1.807) is 0 Å². The molecule has 1 aliphatic heterocycles. The van der Waals surface area contributed by atoms with Gasteiger partial charge < -0.3 is 59.1 Å². The van der Waals surface area contributed by atoms with E-state index in [0.29, 0.717) is 77.4 Å². The highest BCUT2D eigenvalue weighted by atomic mass is 16.4. The largest absolute Gasteiger partial charge is 0.480 e. The fourth-order valence-corrected chi connectivity index (χ4v) is 6.88. The zero-order valence-corrected chi connectivity index (χ0v) is 26.7. The monoisotopic (exact) mass is 661 g/mol. The van der Waals surface area contributed by atoms with Crippen LogP contribution in [0.1, 0.15) is 83.5 Å². The maximum Gasteiger partial charge on any atom is 0.320 e. The van der Waals surface area contributed by atoms with Gasteiger partial charge >= 0.3 is 29.8 Å². The maximum absolute atomic E-state index is 11.6. The zero-order chi connectivity index (χ0) is 35.0. The molecule has 1 saturated heterocycles. The van der Waals surface area contributed by atoms with Gasteiger partial charge in [-0.2, -0.15) is 0 Å². The van der Waals surface area contributed by atoms with Crippen molar-refractivity contribution in [2.75, 3.05) is 19.6 Å². The summed E-state index contributed by atoms with van der Waals surface area (Å²) >= 11 is 0. The van der Waals surface area contributed by atoms with E-state index in [4.69, 9.17) is 38.9 Å². The molecule has 0 amide bonds. The normalized spacial score (nSPS) is 23.8. The maximum atomic E-state index is 11.6. The predicted molar refractivity (Wildman–Crippen MR) is 168 cm³/mol. The lowest BCUT2D eigenvalue weighted by Crippen LogP contribution is -3.15. The Hall–Kier alpha value is -2.89. The first-order valence-corrected chi connectivity index (χ1v) is 16.3. The number of nitrogens with one attached hydrogen (secondary N) is 1. The summed E-state index contributed by atoms with van der Waals surface area (Å²) in [6.07, 6.45) is 5.81. The Morgan fingerprint density at radius 3 is 1.26 bits per heavy atom. The molecule has 1 fully saturated rings. The first-order chi connectivity index (χ1) is 21.5. The van der Waals surface area contributed by atoms with Crippen molar-refractivity contribution in [3.8, 4) is 0 Å². The highest BCUT2D eigenvalue weighted by Gasteiger charge is 2.43. The van der Waals surface area contributed by atoms with Crippen LogP contribution in [0.15, 0.2) is 0 Å². The van der Waals surface area contributed by atoms with E-state index in [-0.39, 0.29) is 49.4 Å². The number of rotatable bonds is 25. The lowest BCUT2D eigenvalue weighted by atomic mass is 9.64. The van der Waals surface area contributed by atoms with Gasteiger partial charge in [-0.05, 0) is 76.0 Å². The summed E-state index contributed by atoms with van der Waals surface area (Å²) in [6.45, 7) is 2.06. The SMILES string of the molecule is NC(CCCCC(CCC(N)C(=O)O)C1C(CCC(N)C(=O)O)C[NH+](CCCCC(N)C(=O)O)CC1CCC(N)C(=O)O)C(=O)O. The first kappa shape index (κ1) is 41.1. The molecule has 8 unspecified atom stereocenters. The van der Waals surface area contributed by atoms with Crippen LogP contribution < -0.4 is 33.6 Å². The summed E-state index contributed by atoms with van der Waals surface area (Å²) in [5.41, 5.74) is 29.0. The number of aliphatic carboxylic acids is 5. The Balaban J connectivity index is 3.35. The molecule has 0 saturated carbocycles. The fourth-order valence-electron chi connectivity index (χ4n) is 6.88. The zero-order valence-electron chi connectivity index (χ0n) is 26.7. The van der Waals surface area contributed by atoms with Gasteiger partial charge in [-0.25, -0.2) is 0 Å². The average molecular weight is 662 g/mol. The number of carbonyl (C=O) groups is 5. The molecule has 1 rings (SSSR count). The molecule has 0 radical (unpaired) electrons. The number of unbranched alkanes of at least 4 members (excludes halogenated alkanes) is 2. The molecular weight excluding hydrogens is 604 g/mol. The molecule has 8 atom stereocenters. The van der Waals surface area contributed by atoms with E-state index in [2.05, 4.69) is 0 Å². The lowest BCUT2D eigenvalue weighted by Gasteiger charge is -2.46. The number of piperidine rings is 1. The van der Waals surface area contributed by atoms with Crippen LogP contribution in [-0.4, -0.2) is 105 Å². The minimum Gasteiger partial charge on any atom is -0.480 e. The minimum absolute atomic E-state index is 0.0335. The Bertz CT molecular complexity index is 954. The van der Waals surface area contributed by atoms with Gasteiger partial charge in [0, 0.05) is 11.8 Å². The third-order valence-corrected chi connectivity index (χ3v) is 9.50. The minimum atomic E-state index is -1.12. The van der Waals surface area contributed by atoms with Crippen molar-refractivity contribution in [2.45, 2.75) is 114 Å². The molecule has 0 aliphatic carbocycles. The number of carboxylic acid groups (broad SMARTS) is 5. The van der Waals surface area contributed by atoms with E-state index in [1.165, 1.54) is 4.90 Å². The molecule has 1 heterocycles. The molecule has 0 bridgehead atoms. The van der Waals surface area contributed by atoms with Crippen molar-refractivity contribution >= 4 is 29.8 Å². The number of quaternary nitrogens is 1. The van der Waals surface area contributed by atoms with Gasteiger partial charge in [0.25, 0.3) is 0 Å². The Morgan fingerprint density at radius 2 is 0.848 bits per heavy atom. The third-order valence-electron chi connectivity index (χ3n) is 9.50. The molecule has 16 nitrogen and oxygen atoms in total. The van der Waals surface area contributed by atoms with Gasteiger partial charge in [-0.1, -0.05) is 19.3 Å². The van der Waals surface area contributed by atoms with Crippen LogP contribution in [0.2, 0.25) is 0 Å². The fraction of sp³-hybridized carbons (Fsp3) is 0.833. The van der Waals surface area contributed by atoms with Gasteiger partial charge in [0.2, 0.25) is 0 Å². The van der Waals surface area contributed by atoms with Crippen molar-refractivity contribution < 1.29 is 54.4 Å². The molecule has 46 heavy (non-hydrogen) atoms. The first-order valence-electron chi connectivity index (χ1n) is 16.3. The van der Waals surface area contributed by atoms with Crippen LogP contribution >= 0.6 is 0 Å². The molecule has 16 heteroatoms. The van der Waals surface area contributed by atoms with Crippen molar-refractivity contribution in [1.82, 2.24) is 0 Å².